The summed E-state index contributed by atoms with van der Waals surface area (Å²) in [6.07, 6.45) is 6.89. The first-order valence-corrected chi connectivity index (χ1v) is 4.24. The normalized spacial score (nSPS) is 10.2. The van der Waals surface area contributed by atoms with E-state index in [1.54, 1.807) is 0 Å². The van der Waals surface area contributed by atoms with Gasteiger partial charge in [-0.25, -0.2) is 0 Å². The number of terminal acetylenes is 1. The Morgan fingerprint density at radius 2 is 2.15 bits per heavy atom. The highest BCUT2D eigenvalue weighted by atomic mass is 14.7. The van der Waals surface area contributed by atoms with Crippen molar-refractivity contribution >= 4 is 6.21 Å². The van der Waals surface area contributed by atoms with E-state index in [9.17, 15) is 0 Å². The van der Waals surface area contributed by atoms with Crippen LogP contribution in [0.2, 0.25) is 0 Å². The average Bonchev–Trinajstić information content (AvgIpc) is 2.12. The molecule has 0 fully saturated rings. The Bertz CT molecular complexity index is 356. The molecule has 0 saturated heterocycles. The Hall–Kier alpha value is -1.55. The summed E-state index contributed by atoms with van der Waals surface area (Å²) in [6, 6.07) is 6.24. The molecule has 0 spiro atoms. The zero-order chi connectivity index (χ0) is 9.68. The SMILES string of the molecule is C#CC/N=C/c1ccc(C)c(C)c1. The highest BCUT2D eigenvalue weighted by Gasteiger charge is 1.92. The summed E-state index contributed by atoms with van der Waals surface area (Å²) >= 11 is 0. The minimum atomic E-state index is 0.451. The molecule has 0 saturated carbocycles. The van der Waals surface area contributed by atoms with Crippen LogP contribution in [0.5, 0.6) is 0 Å². The summed E-state index contributed by atoms with van der Waals surface area (Å²) in [5, 5.41) is 0. The van der Waals surface area contributed by atoms with Crippen molar-refractivity contribution in [3.63, 3.8) is 0 Å². The molecule has 0 radical (unpaired) electrons. The molecule has 13 heavy (non-hydrogen) atoms. The molecule has 66 valence electrons. The van der Waals surface area contributed by atoms with Crippen LogP contribution in [0.1, 0.15) is 16.7 Å². The molecule has 1 heteroatoms. The Morgan fingerprint density at radius 3 is 2.77 bits per heavy atom. The maximum Gasteiger partial charge on any atom is 0.0995 e. The maximum atomic E-state index is 5.08. The third kappa shape index (κ3) is 2.76. The van der Waals surface area contributed by atoms with Gasteiger partial charge in [-0.1, -0.05) is 24.1 Å². The number of benzene rings is 1. The molecule has 0 heterocycles. The van der Waals surface area contributed by atoms with Crippen LogP contribution in [0.15, 0.2) is 23.2 Å². The zero-order valence-corrected chi connectivity index (χ0v) is 8.04. The highest BCUT2D eigenvalue weighted by Crippen LogP contribution is 2.07. The van der Waals surface area contributed by atoms with Crippen LogP contribution in [-0.4, -0.2) is 12.8 Å². The second-order valence-corrected chi connectivity index (χ2v) is 3.02. The Kier molecular flexibility index (Phi) is 3.28. The van der Waals surface area contributed by atoms with Gasteiger partial charge in [0.25, 0.3) is 0 Å². The Morgan fingerprint density at radius 1 is 1.38 bits per heavy atom. The van der Waals surface area contributed by atoms with Gasteiger partial charge >= 0.3 is 0 Å². The maximum absolute atomic E-state index is 5.08. The van der Waals surface area contributed by atoms with Gasteiger partial charge in [-0.2, -0.15) is 0 Å². The first-order chi connectivity index (χ1) is 6.24. The van der Waals surface area contributed by atoms with Gasteiger partial charge in [0.15, 0.2) is 0 Å². The first kappa shape index (κ1) is 9.54. The Labute approximate surface area is 79.5 Å². The van der Waals surface area contributed by atoms with E-state index in [0.717, 1.165) is 5.56 Å². The minimum Gasteiger partial charge on any atom is -0.280 e. The van der Waals surface area contributed by atoms with Crippen molar-refractivity contribution in [2.24, 2.45) is 4.99 Å². The standard InChI is InChI=1S/C12H13N/c1-4-7-13-9-12-6-5-10(2)11(3)8-12/h1,5-6,8-9H,7H2,2-3H3/b13-9+. The van der Waals surface area contributed by atoms with Gasteiger partial charge in [-0.15, -0.1) is 6.42 Å². The molecular weight excluding hydrogens is 158 g/mol. The molecule has 0 atom stereocenters. The van der Waals surface area contributed by atoms with Crippen molar-refractivity contribution in [1.29, 1.82) is 0 Å². The van der Waals surface area contributed by atoms with Gasteiger partial charge < -0.3 is 0 Å². The fraction of sp³-hybridized carbons (Fsp3) is 0.250. The van der Waals surface area contributed by atoms with Crippen LogP contribution in [0.25, 0.3) is 0 Å². The molecule has 1 aromatic rings. The number of rotatable bonds is 2. The summed E-state index contributed by atoms with van der Waals surface area (Å²) in [5.74, 6) is 2.47. The van der Waals surface area contributed by atoms with E-state index >= 15 is 0 Å². The van der Waals surface area contributed by atoms with E-state index in [-0.39, 0.29) is 0 Å². The fourth-order valence-corrected chi connectivity index (χ4v) is 1.05. The summed E-state index contributed by atoms with van der Waals surface area (Å²) < 4.78 is 0. The van der Waals surface area contributed by atoms with Gasteiger partial charge in [0.1, 0.15) is 0 Å². The molecule has 0 amide bonds. The van der Waals surface area contributed by atoms with Crippen molar-refractivity contribution in [2.75, 3.05) is 6.54 Å². The van der Waals surface area contributed by atoms with Crippen LogP contribution >= 0.6 is 0 Å². The van der Waals surface area contributed by atoms with Gasteiger partial charge in [-0.05, 0) is 30.5 Å². The van der Waals surface area contributed by atoms with Crippen molar-refractivity contribution in [3.05, 3.63) is 34.9 Å². The lowest BCUT2D eigenvalue weighted by Gasteiger charge is -1.99. The van der Waals surface area contributed by atoms with Crippen molar-refractivity contribution < 1.29 is 0 Å². The summed E-state index contributed by atoms with van der Waals surface area (Å²) in [7, 11) is 0. The van der Waals surface area contributed by atoms with Crippen molar-refractivity contribution in [2.45, 2.75) is 13.8 Å². The summed E-state index contributed by atoms with van der Waals surface area (Å²) in [6.45, 7) is 4.64. The summed E-state index contributed by atoms with van der Waals surface area (Å²) in [5.41, 5.74) is 3.69. The second kappa shape index (κ2) is 4.47. The molecule has 0 aliphatic carbocycles. The number of nitrogens with zero attached hydrogens (tertiary/aromatic N) is 1. The van der Waals surface area contributed by atoms with Crippen LogP contribution < -0.4 is 0 Å². The van der Waals surface area contributed by atoms with Crippen molar-refractivity contribution in [1.82, 2.24) is 0 Å². The quantitative estimate of drug-likeness (QED) is 0.478. The lowest BCUT2D eigenvalue weighted by atomic mass is 10.1. The number of hydrogen-bond donors (Lipinski definition) is 0. The zero-order valence-electron chi connectivity index (χ0n) is 8.04. The number of hydrogen-bond acceptors (Lipinski definition) is 1. The van der Waals surface area contributed by atoms with E-state index in [1.807, 2.05) is 12.3 Å². The molecule has 0 aliphatic heterocycles. The number of aryl methyl sites for hydroxylation is 2. The first-order valence-electron chi connectivity index (χ1n) is 4.24. The molecule has 1 aromatic carbocycles. The third-order valence-electron chi connectivity index (χ3n) is 1.95. The van der Waals surface area contributed by atoms with Gasteiger partial charge in [0.05, 0.1) is 6.54 Å². The van der Waals surface area contributed by atoms with Gasteiger partial charge in [0.2, 0.25) is 0 Å². The lowest BCUT2D eigenvalue weighted by molar-refractivity contribution is 1.29. The molecule has 1 nitrogen and oxygen atoms in total. The van der Waals surface area contributed by atoms with E-state index in [0.29, 0.717) is 6.54 Å². The van der Waals surface area contributed by atoms with Crippen molar-refractivity contribution in [3.8, 4) is 12.3 Å². The monoisotopic (exact) mass is 171 g/mol. The van der Waals surface area contributed by atoms with E-state index in [1.165, 1.54) is 11.1 Å². The largest absolute Gasteiger partial charge is 0.280 e. The molecule has 0 bridgehead atoms. The topological polar surface area (TPSA) is 12.4 Å². The number of aliphatic imine (C=N–C) groups is 1. The molecule has 0 aliphatic rings. The third-order valence-corrected chi connectivity index (χ3v) is 1.95. The van der Waals surface area contributed by atoms with E-state index in [4.69, 9.17) is 6.42 Å². The second-order valence-electron chi connectivity index (χ2n) is 3.02. The average molecular weight is 171 g/mol. The van der Waals surface area contributed by atoms with Crippen LogP contribution in [0.4, 0.5) is 0 Å². The molecule has 0 N–H and O–H groups in total. The van der Waals surface area contributed by atoms with Crippen LogP contribution in [-0.2, 0) is 0 Å². The van der Waals surface area contributed by atoms with Gasteiger partial charge in [-0.3, -0.25) is 4.99 Å². The fourth-order valence-electron chi connectivity index (χ4n) is 1.05. The molecular formula is C12H13N. The van der Waals surface area contributed by atoms with Gasteiger partial charge in [0, 0.05) is 6.21 Å². The Balaban J connectivity index is 2.81. The van der Waals surface area contributed by atoms with E-state index < -0.39 is 0 Å². The highest BCUT2D eigenvalue weighted by molar-refractivity contribution is 5.80. The lowest BCUT2D eigenvalue weighted by Crippen LogP contribution is -1.86. The molecule has 0 unspecified atom stereocenters. The smallest absolute Gasteiger partial charge is 0.0995 e. The van der Waals surface area contributed by atoms with E-state index in [2.05, 4.69) is 36.9 Å². The summed E-state index contributed by atoms with van der Waals surface area (Å²) in [4.78, 5) is 4.07. The minimum absolute atomic E-state index is 0.451. The van der Waals surface area contributed by atoms with Crippen LogP contribution in [0, 0.1) is 26.2 Å². The predicted octanol–water partition coefficient (Wildman–Crippen LogP) is 2.36. The molecule has 0 aromatic heterocycles. The predicted molar refractivity (Wildman–Crippen MR) is 57.2 cm³/mol. The molecule has 1 rings (SSSR count). The van der Waals surface area contributed by atoms with Crippen LogP contribution in [0.3, 0.4) is 0 Å².